The maximum Gasteiger partial charge on any atom is 0.240 e. The fourth-order valence-corrected chi connectivity index (χ4v) is 3.24. The van der Waals surface area contributed by atoms with Crippen molar-refractivity contribution < 1.29 is 9.59 Å². The molecule has 2 aliphatic heterocycles. The summed E-state index contributed by atoms with van der Waals surface area (Å²) in [4.78, 5) is 25.4. The highest BCUT2D eigenvalue weighted by molar-refractivity contribution is 5.86. The Bertz CT molecular complexity index is 358. The quantitative estimate of drug-likeness (QED) is 0.639. The molecule has 20 heavy (non-hydrogen) atoms. The van der Waals surface area contributed by atoms with Crippen LogP contribution in [-0.2, 0) is 9.59 Å². The molecule has 4 N–H and O–H groups in total. The van der Waals surface area contributed by atoms with Crippen LogP contribution >= 0.6 is 0 Å². The zero-order valence-corrected chi connectivity index (χ0v) is 12.3. The molecule has 0 aliphatic carbocycles. The van der Waals surface area contributed by atoms with Crippen LogP contribution in [0.3, 0.4) is 0 Å². The Hall–Kier alpha value is -1.14. The number of primary amides is 1. The molecule has 0 saturated carbocycles. The van der Waals surface area contributed by atoms with Gasteiger partial charge >= 0.3 is 0 Å². The van der Waals surface area contributed by atoms with E-state index in [0.29, 0.717) is 6.54 Å². The molecule has 1 unspecified atom stereocenters. The van der Waals surface area contributed by atoms with E-state index in [1.165, 1.54) is 0 Å². The lowest BCUT2D eigenvalue weighted by Crippen LogP contribution is -2.57. The lowest BCUT2D eigenvalue weighted by molar-refractivity contribution is -0.128. The molecule has 2 amide bonds. The molecule has 1 atom stereocenters. The second kappa shape index (κ2) is 6.54. The molecule has 6 nitrogen and oxygen atoms in total. The van der Waals surface area contributed by atoms with Gasteiger partial charge in [-0.3, -0.25) is 14.5 Å². The van der Waals surface area contributed by atoms with Gasteiger partial charge in [-0.15, -0.1) is 0 Å². The summed E-state index contributed by atoms with van der Waals surface area (Å²) in [6.45, 7) is 4.95. The van der Waals surface area contributed by atoms with Gasteiger partial charge in [0, 0.05) is 19.1 Å². The van der Waals surface area contributed by atoms with Crippen molar-refractivity contribution in [2.24, 2.45) is 5.73 Å². The SMILES string of the molecule is CCC1(C(=O)NC2CCN(CC(N)=O)CC2)CCCN1. The first-order chi connectivity index (χ1) is 9.55. The van der Waals surface area contributed by atoms with Gasteiger partial charge in [0.15, 0.2) is 0 Å². The normalized spacial score (nSPS) is 28.4. The number of amides is 2. The zero-order valence-electron chi connectivity index (χ0n) is 12.3. The third-order valence-electron chi connectivity index (χ3n) is 4.58. The number of nitrogens with zero attached hydrogens (tertiary/aromatic N) is 1. The first-order valence-corrected chi connectivity index (χ1v) is 7.62. The first kappa shape index (κ1) is 15.3. The first-order valence-electron chi connectivity index (χ1n) is 7.62. The minimum atomic E-state index is -0.357. The van der Waals surface area contributed by atoms with Gasteiger partial charge in [0.25, 0.3) is 0 Å². The van der Waals surface area contributed by atoms with E-state index < -0.39 is 0 Å². The molecule has 0 bridgehead atoms. The van der Waals surface area contributed by atoms with Crippen molar-refractivity contribution in [2.45, 2.75) is 50.6 Å². The molecule has 0 spiro atoms. The van der Waals surface area contributed by atoms with Crippen LogP contribution in [0.1, 0.15) is 39.0 Å². The summed E-state index contributed by atoms with van der Waals surface area (Å²) >= 11 is 0. The van der Waals surface area contributed by atoms with Crippen molar-refractivity contribution in [3.05, 3.63) is 0 Å². The number of rotatable bonds is 5. The van der Waals surface area contributed by atoms with Gasteiger partial charge in [0.05, 0.1) is 12.1 Å². The molecule has 0 aromatic carbocycles. The summed E-state index contributed by atoms with van der Waals surface area (Å²) in [5, 5.41) is 6.54. The largest absolute Gasteiger partial charge is 0.369 e. The molecular formula is C14H26N4O2. The Morgan fingerprint density at radius 3 is 2.60 bits per heavy atom. The summed E-state index contributed by atoms with van der Waals surface area (Å²) in [5.41, 5.74) is 4.84. The van der Waals surface area contributed by atoms with E-state index in [4.69, 9.17) is 5.73 Å². The molecule has 0 aromatic rings. The van der Waals surface area contributed by atoms with Gasteiger partial charge in [-0.2, -0.15) is 0 Å². The van der Waals surface area contributed by atoms with Crippen molar-refractivity contribution in [2.75, 3.05) is 26.2 Å². The average molecular weight is 282 g/mol. The van der Waals surface area contributed by atoms with E-state index in [0.717, 1.165) is 51.7 Å². The maximum atomic E-state index is 12.5. The minimum Gasteiger partial charge on any atom is -0.369 e. The molecule has 2 fully saturated rings. The van der Waals surface area contributed by atoms with Crippen molar-refractivity contribution in [1.29, 1.82) is 0 Å². The topological polar surface area (TPSA) is 87.5 Å². The van der Waals surface area contributed by atoms with E-state index in [-0.39, 0.29) is 23.4 Å². The smallest absolute Gasteiger partial charge is 0.240 e. The molecule has 114 valence electrons. The number of piperidine rings is 1. The zero-order chi connectivity index (χ0) is 14.6. The van der Waals surface area contributed by atoms with Crippen molar-refractivity contribution in [1.82, 2.24) is 15.5 Å². The van der Waals surface area contributed by atoms with Gasteiger partial charge in [0.2, 0.25) is 11.8 Å². The monoisotopic (exact) mass is 282 g/mol. The predicted molar refractivity (Wildman–Crippen MR) is 77.1 cm³/mol. The summed E-state index contributed by atoms with van der Waals surface area (Å²) < 4.78 is 0. The summed E-state index contributed by atoms with van der Waals surface area (Å²) in [7, 11) is 0. The number of hydrogen-bond donors (Lipinski definition) is 3. The third kappa shape index (κ3) is 3.49. The van der Waals surface area contributed by atoms with Crippen molar-refractivity contribution in [3.63, 3.8) is 0 Å². The van der Waals surface area contributed by atoms with Crippen LogP contribution in [0.2, 0.25) is 0 Å². The molecule has 2 heterocycles. The number of nitrogens with one attached hydrogen (secondary N) is 2. The second-order valence-corrected chi connectivity index (χ2v) is 5.96. The highest BCUT2D eigenvalue weighted by Gasteiger charge is 2.40. The van der Waals surface area contributed by atoms with Crippen molar-refractivity contribution >= 4 is 11.8 Å². The molecule has 0 radical (unpaired) electrons. The second-order valence-electron chi connectivity index (χ2n) is 5.96. The standard InChI is InChI=1S/C14H26N4O2/c1-2-14(6-3-7-16-14)13(20)17-11-4-8-18(9-5-11)10-12(15)19/h11,16H,2-10H2,1H3,(H2,15,19)(H,17,20). The number of nitrogens with two attached hydrogens (primary N) is 1. The van der Waals surface area contributed by atoms with Crippen LogP contribution in [0, 0.1) is 0 Å². The van der Waals surface area contributed by atoms with E-state index in [2.05, 4.69) is 17.6 Å². The van der Waals surface area contributed by atoms with Crippen LogP contribution in [0.15, 0.2) is 0 Å². The summed E-state index contributed by atoms with van der Waals surface area (Å²) in [6.07, 6.45) is 4.60. The molecule has 2 rings (SSSR count). The van der Waals surface area contributed by atoms with Crippen LogP contribution in [-0.4, -0.2) is 54.5 Å². The average Bonchev–Trinajstić information content (AvgIpc) is 2.90. The van der Waals surface area contributed by atoms with Crippen LogP contribution in [0.4, 0.5) is 0 Å². The van der Waals surface area contributed by atoms with Crippen molar-refractivity contribution in [3.8, 4) is 0 Å². The van der Waals surface area contributed by atoms with Crippen LogP contribution in [0.25, 0.3) is 0 Å². The number of carbonyl (C=O) groups is 2. The molecule has 0 aromatic heterocycles. The fourth-order valence-electron chi connectivity index (χ4n) is 3.24. The van der Waals surface area contributed by atoms with Gasteiger partial charge < -0.3 is 16.4 Å². The van der Waals surface area contributed by atoms with Gasteiger partial charge in [-0.1, -0.05) is 6.92 Å². The van der Waals surface area contributed by atoms with E-state index in [1.54, 1.807) is 0 Å². The van der Waals surface area contributed by atoms with Crippen LogP contribution in [0.5, 0.6) is 0 Å². The van der Waals surface area contributed by atoms with E-state index >= 15 is 0 Å². The fraction of sp³-hybridized carbons (Fsp3) is 0.857. The maximum absolute atomic E-state index is 12.5. The third-order valence-corrected chi connectivity index (χ3v) is 4.58. The van der Waals surface area contributed by atoms with Crippen LogP contribution < -0.4 is 16.4 Å². The summed E-state index contributed by atoms with van der Waals surface area (Å²) in [6, 6.07) is 0.220. The lowest BCUT2D eigenvalue weighted by Gasteiger charge is -2.34. The van der Waals surface area contributed by atoms with E-state index in [9.17, 15) is 9.59 Å². The molecule has 6 heteroatoms. The van der Waals surface area contributed by atoms with Gasteiger partial charge in [0.1, 0.15) is 0 Å². The number of carbonyl (C=O) groups excluding carboxylic acids is 2. The summed E-state index contributed by atoms with van der Waals surface area (Å²) in [5.74, 6) is -0.140. The number of hydrogen-bond acceptors (Lipinski definition) is 4. The molecule has 2 aliphatic rings. The Kier molecular flexibility index (Phi) is 4.99. The Morgan fingerprint density at radius 2 is 2.10 bits per heavy atom. The predicted octanol–water partition coefficient (Wildman–Crippen LogP) is -0.415. The highest BCUT2D eigenvalue weighted by atomic mass is 16.2. The number of likely N-dealkylation sites (tertiary alicyclic amines) is 1. The Morgan fingerprint density at radius 1 is 1.40 bits per heavy atom. The highest BCUT2D eigenvalue weighted by Crippen LogP contribution is 2.24. The molecular weight excluding hydrogens is 256 g/mol. The Labute approximate surface area is 120 Å². The lowest BCUT2D eigenvalue weighted by atomic mass is 9.92. The van der Waals surface area contributed by atoms with Gasteiger partial charge in [-0.05, 0) is 38.6 Å². The van der Waals surface area contributed by atoms with Gasteiger partial charge in [-0.25, -0.2) is 0 Å². The Balaban J connectivity index is 1.80. The molecule has 2 saturated heterocycles. The van der Waals surface area contributed by atoms with E-state index in [1.807, 2.05) is 4.90 Å². The minimum absolute atomic E-state index is 0.144.